The summed E-state index contributed by atoms with van der Waals surface area (Å²) in [6.07, 6.45) is -8.53. The number of rotatable bonds is 28. The highest BCUT2D eigenvalue weighted by Gasteiger charge is 2.78. The summed E-state index contributed by atoms with van der Waals surface area (Å²) >= 11 is 0. The minimum atomic E-state index is -6.15. The zero-order valence-electron chi connectivity index (χ0n) is 34.8. The van der Waals surface area contributed by atoms with Gasteiger partial charge < -0.3 is 25.9 Å². The lowest BCUT2D eigenvalue weighted by Crippen LogP contribution is -2.64. The van der Waals surface area contributed by atoms with Crippen LogP contribution < -0.4 is 0 Å². The minimum absolute atomic E-state index is 0.0395. The van der Waals surface area contributed by atoms with Gasteiger partial charge in [-0.2, -0.15) is 65.9 Å². The summed E-state index contributed by atoms with van der Waals surface area (Å²) < 4.78 is 274. The minimum Gasteiger partial charge on any atom is -0.393 e. The molecule has 60 heavy (non-hydrogen) atoms. The van der Waals surface area contributed by atoms with Crippen molar-refractivity contribution in [2.75, 3.05) is 41.5 Å². The van der Waals surface area contributed by atoms with E-state index >= 15 is 8.78 Å². The van der Waals surface area contributed by atoms with Gasteiger partial charge in [-0.3, -0.25) is 9.98 Å². The molecular formula is C32H53F17N2O6Si3. The Labute approximate surface area is 340 Å². The summed E-state index contributed by atoms with van der Waals surface area (Å²) in [5.41, 5.74) is -11.2. The van der Waals surface area contributed by atoms with Crippen molar-refractivity contribution < 1.29 is 101 Å². The number of aliphatic imine (C=N–C) groups is 2. The molecule has 0 radical (unpaired) electrons. The molecule has 2 atom stereocenters. The summed E-state index contributed by atoms with van der Waals surface area (Å²) in [6.45, 7) is 0.802. The van der Waals surface area contributed by atoms with Crippen LogP contribution in [0.3, 0.4) is 0 Å². The van der Waals surface area contributed by atoms with Gasteiger partial charge in [0, 0.05) is 73.9 Å². The van der Waals surface area contributed by atoms with E-state index in [0.717, 1.165) is 48.8 Å². The lowest BCUT2D eigenvalue weighted by atomic mass is 9.86. The second kappa shape index (κ2) is 20.6. The van der Waals surface area contributed by atoms with E-state index in [1.165, 1.54) is 0 Å². The Morgan fingerprint density at radius 3 is 0.967 bits per heavy atom. The molecule has 0 amide bonds. The van der Waals surface area contributed by atoms with Crippen LogP contribution in [0.25, 0.3) is 0 Å². The largest absolute Gasteiger partial charge is 0.491 e. The van der Waals surface area contributed by atoms with E-state index in [9.17, 15) is 65.9 Å². The summed E-state index contributed by atoms with van der Waals surface area (Å²) in [4.78, 5) is 7.20. The van der Waals surface area contributed by atoms with Gasteiger partial charge in [0.2, 0.25) is 11.3 Å². The predicted octanol–water partition coefficient (Wildman–Crippen LogP) is 11.3. The maximum Gasteiger partial charge on any atom is 0.491 e. The SMILES string of the molecule is CCC(=NCCC[Si](OC)(OC)O[Si](C)(CCC(F)(F)F)O[Si](CCCN=C(CC)C(C)(F)C(F)(F)C(F)(F)C(C)(F)F)(OC)OC)C(C)(F)C(F)(F)C(F)(F)C(C)(F)F. The molecule has 0 aliphatic carbocycles. The third-order valence-electron chi connectivity index (χ3n) is 9.56. The second-order valence-electron chi connectivity index (χ2n) is 14.3. The third kappa shape index (κ3) is 13.1. The molecule has 0 aromatic rings. The van der Waals surface area contributed by atoms with Crippen molar-refractivity contribution in [3.8, 4) is 0 Å². The van der Waals surface area contributed by atoms with Gasteiger partial charge in [0.05, 0.1) is 11.4 Å². The highest BCUT2D eigenvalue weighted by molar-refractivity contribution is 6.83. The molecule has 0 rings (SSSR count). The molecule has 0 saturated carbocycles. The van der Waals surface area contributed by atoms with Gasteiger partial charge in [-0.05, 0) is 52.1 Å². The van der Waals surface area contributed by atoms with Crippen LogP contribution in [-0.4, -0.2) is 132 Å². The van der Waals surface area contributed by atoms with Crippen molar-refractivity contribution in [2.45, 2.75) is 151 Å². The van der Waals surface area contributed by atoms with Crippen molar-refractivity contribution in [1.82, 2.24) is 0 Å². The van der Waals surface area contributed by atoms with Crippen LogP contribution >= 0.6 is 0 Å². The molecule has 0 bridgehead atoms. The standard InChI is InChI=1S/C32H53F17N2O6Si3/c1-12-22(24(3,33)29(42,43)31(46,47)26(5,35)36)50-17-14-19-59(52-7,53-8)56-58(11,21-16-28(39,40)41)57-60(54-9,55-10)20-15-18-51-23(13-2)25(4,34)30(44,45)32(48,49)27(6,37)38/h12-21H2,1-11H3. The Bertz CT molecular complexity index is 1330. The zero-order valence-corrected chi connectivity index (χ0v) is 37.8. The van der Waals surface area contributed by atoms with E-state index in [0.29, 0.717) is 0 Å². The summed E-state index contributed by atoms with van der Waals surface area (Å²) in [7, 11) is -8.80. The fraction of sp³-hybridized carbons (Fsp3) is 0.938. The monoisotopic (exact) mass is 968 g/mol. The molecule has 28 heteroatoms. The van der Waals surface area contributed by atoms with Gasteiger partial charge in [-0.1, -0.05) is 13.8 Å². The average molecular weight is 969 g/mol. The Balaban J connectivity index is 6.61. The Morgan fingerprint density at radius 2 is 0.750 bits per heavy atom. The van der Waals surface area contributed by atoms with Gasteiger partial charge in [0.15, 0.2) is 0 Å². The summed E-state index contributed by atoms with van der Waals surface area (Å²) in [5, 5.41) is 0. The Hall–Kier alpha value is -1.44. The highest BCUT2D eigenvalue weighted by atomic mass is 28.5. The van der Waals surface area contributed by atoms with Crippen LogP contribution in [0.4, 0.5) is 74.6 Å². The molecule has 0 fully saturated rings. The molecule has 0 spiro atoms. The number of nitrogens with zero attached hydrogens (tertiary/aromatic N) is 2. The fourth-order valence-corrected chi connectivity index (χ4v) is 17.5. The predicted molar refractivity (Wildman–Crippen MR) is 193 cm³/mol. The molecule has 0 aromatic carbocycles. The first kappa shape index (κ1) is 58.6. The van der Waals surface area contributed by atoms with Crippen molar-refractivity contribution in [3.63, 3.8) is 0 Å². The van der Waals surface area contributed by atoms with Crippen LogP contribution in [0.1, 0.15) is 73.6 Å². The van der Waals surface area contributed by atoms with Crippen LogP contribution in [0, 0.1) is 0 Å². The van der Waals surface area contributed by atoms with Crippen molar-refractivity contribution >= 4 is 37.6 Å². The first-order chi connectivity index (χ1) is 26.7. The number of halogens is 17. The molecule has 0 aliphatic heterocycles. The van der Waals surface area contributed by atoms with Gasteiger partial charge in [0.1, 0.15) is 0 Å². The van der Waals surface area contributed by atoms with E-state index in [-0.39, 0.29) is 26.7 Å². The average Bonchev–Trinajstić information content (AvgIpc) is 3.11. The third-order valence-corrected chi connectivity index (χ3v) is 21.1. The maximum absolute atomic E-state index is 15.3. The van der Waals surface area contributed by atoms with Crippen LogP contribution in [0.5, 0.6) is 0 Å². The van der Waals surface area contributed by atoms with E-state index in [1.54, 1.807) is 0 Å². The van der Waals surface area contributed by atoms with E-state index in [4.69, 9.17) is 25.9 Å². The highest BCUT2D eigenvalue weighted by Crippen LogP contribution is 2.54. The van der Waals surface area contributed by atoms with E-state index in [2.05, 4.69) is 9.98 Å². The van der Waals surface area contributed by atoms with Gasteiger partial charge in [-0.15, -0.1) is 0 Å². The first-order valence-corrected chi connectivity index (χ1v) is 24.5. The Morgan fingerprint density at radius 1 is 0.467 bits per heavy atom. The number of hydrogen-bond acceptors (Lipinski definition) is 8. The Kier molecular flexibility index (Phi) is 20.1. The van der Waals surface area contributed by atoms with Crippen LogP contribution in [0.15, 0.2) is 9.98 Å². The summed E-state index contributed by atoms with van der Waals surface area (Å²) in [5.74, 6) is -34.9. The molecule has 8 nitrogen and oxygen atoms in total. The second-order valence-corrected chi connectivity index (χ2v) is 24.1. The van der Waals surface area contributed by atoms with Crippen molar-refractivity contribution in [2.24, 2.45) is 9.98 Å². The number of alkyl halides is 17. The molecular weight excluding hydrogens is 916 g/mol. The lowest BCUT2D eigenvalue weighted by molar-refractivity contribution is -0.326. The number of hydrogen-bond donors (Lipinski definition) is 0. The van der Waals surface area contributed by atoms with Crippen molar-refractivity contribution in [1.29, 1.82) is 0 Å². The zero-order chi connectivity index (χ0) is 47.9. The van der Waals surface area contributed by atoms with Gasteiger partial charge in [0.25, 0.3) is 0 Å². The van der Waals surface area contributed by atoms with Crippen molar-refractivity contribution in [3.05, 3.63) is 0 Å². The van der Waals surface area contributed by atoms with Crippen LogP contribution in [-0.2, 0) is 25.9 Å². The summed E-state index contributed by atoms with van der Waals surface area (Å²) in [6, 6.07) is -1.73. The molecule has 0 N–H and O–H groups in total. The smallest absolute Gasteiger partial charge is 0.393 e. The normalized spacial score (nSPS) is 18.3. The van der Waals surface area contributed by atoms with Gasteiger partial charge in [-0.25, -0.2) is 8.78 Å². The van der Waals surface area contributed by atoms with E-state index < -0.39 is 155 Å². The lowest BCUT2D eigenvalue weighted by Gasteiger charge is -2.41. The van der Waals surface area contributed by atoms with Gasteiger partial charge >= 0.3 is 67.9 Å². The topological polar surface area (TPSA) is 80.1 Å². The van der Waals surface area contributed by atoms with E-state index in [1.807, 2.05) is 0 Å². The molecule has 0 aliphatic rings. The molecule has 0 heterocycles. The molecule has 358 valence electrons. The molecule has 2 unspecified atom stereocenters. The quantitative estimate of drug-likeness (QED) is 0.0336. The maximum atomic E-state index is 15.3. The molecule has 0 saturated heterocycles. The van der Waals surface area contributed by atoms with Crippen LogP contribution in [0.2, 0.25) is 24.7 Å². The first-order valence-electron chi connectivity index (χ1n) is 18.1. The fourth-order valence-electron chi connectivity index (χ4n) is 5.70. The molecule has 0 aromatic heterocycles.